The molecular weight excluding hydrogens is 581 g/mol. The number of aliphatic hydroxyl groups excluding tert-OH is 1. The summed E-state index contributed by atoms with van der Waals surface area (Å²) in [6.07, 6.45) is 0.517. The highest BCUT2D eigenvalue weighted by atomic mass is 32.2. The molecule has 0 spiro atoms. The smallest absolute Gasteiger partial charge is 0.416 e. The summed E-state index contributed by atoms with van der Waals surface area (Å²) < 4.78 is 69.2. The molecule has 1 atom stereocenters. The number of aliphatic hydroxyl groups is 1. The first kappa shape index (κ1) is 29.5. The van der Waals surface area contributed by atoms with E-state index in [1.165, 1.54) is 41.3 Å². The van der Waals surface area contributed by atoms with Crippen LogP contribution in [0.5, 0.6) is 0 Å². The highest BCUT2D eigenvalue weighted by Gasteiger charge is 2.52. The lowest BCUT2D eigenvalue weighted by atomic mass is 9.90. The van der Waals surface area contributed by atoms with E-state index in [0.29, 0.717) is 24.5 Å². The van der Waals surface area contributed by atoms with E-state index >= 15 is 0 Å². The molecule has 3 heterocycles. The number of benzene rings is 2. The van der Waals surface area contributed by atoms with Gasteiger partial charge in [-0.3, -0.25) is 14.6 Å². The first-order chi connectivity index (χ1) is 19.8. The predicted octanol–water partition coefficient (Wildman–Crippen LogP) is 5.73. The van der Waals surface area contributed by atoms with Gasteiger partial charge < -0.3 is 10.4 Å². The van der Waals surface area contributed by atoms with Crippen LogP contribution in [0.3, 0.4) is 0 Å². The SMILES string of the molecule is CSc1ncc(-c2cc(C(F)(F)F)ccc2NC(=O)C2=C(O)[C@@]3(C)CCCN3N(Cc3cccc(F)c3F)C2=O)cn1. The van der Waals surface area contributed by atoms with Gasteiger partial charge in [0.1, 0.15) is 11.3 Å². The Morgan fingerprint density at radius 1 is 1.17 bits per heavy atom. The molecule has 2 N–H and O–H groups in total. The molecule has 8 nitrogen and oxygen atoms in total. The maximum absolute atomic E-state index is 14.5. The lowest BCUT2D eigenvalue weighted by molar-refractivity contribution is -0.160. The van der Waals surface area contributed by atoms with Crippen LogP contribution < -0.4 is 5.32 Å². The van der Waals surface area contributed by atoms with E-state index in [0.717, 1.165) is 29.3 Å². The van der Waals surface area contributed by atoms with Crippen molar-refractivity contribution in [1.82, 2.24) is 20.0 Å². The first-order valence-corrected chi connectivity index (χ1v) is 13.9. The Balaban J connectivity index is 1.54. The molecule has 1 fully saturated rings. The van der Waals surface area contributed by atoms with Crippen LogP contribution in [-0.2, 0) is 22.3 Å². The molecule has 14 heteroatoms. The van der Waals surface area contributed by atoms with Gasteiger partial charge in [0.2, 0.25) is 0 Å². The Labute approximate surface area is 241 Å². The minimum Gasteiger partial charge on any atom is -0.509 e. The Morgan fingerprint density at radius 3 is 2.55 bits per heavy atom. The quantitative estimate of drug-likeness (QED) is 0.160. The number of carbonyl (C=O) groups excluding carboxylic acids is 2. The van der Waals surface area contributed by atoms with Gasteiger partial charge in [0.25, 0.3) is 11.8 Å². The van der Waals surface area contributed by atoms with Gasteiger partial charge in [-0.05, 0) is 50.3 Å². The maximum Gasteiger partial charge on any atom is 0.416 e. The number of hydrogen-bond acceptors (Lipinski definition) is 7. The van der Waals surface area contributed by atoms with Crippen LogP contribution >= 0.6 is 11.8 Å². The van der Waals surface area contributed by atoms with Crippen molar-refractivity contribution in [3.05, 3.63) is 82.9 Å². The third-order valence-electron chi connectivity index (χ3n) is 7.39. The van der Waals surface area contributed by atoms with Crippen LogP contribution in [0.1, 0.15) is 30.9 Å². The minimum absolute atomic E-state index is 0.0680. The van der Waals surface area contributed by atoms with Gasteiger partial charge in [-0.1, -0.05) is 23.9 Å². The first-order valence-electron chi connectivity index (χ1n) is 12.7. The molecule has 220 valence electrons. The zero-order valence-electron chi connectivity index (χ0n) is 22.3. The van der Waals surface area contributed by atoms with Gasteiger partial charge in [-0.25, -0.2) is 23.8 Å². The molecule has 0 unspecified atom stereocenters. The zero-order chi connectivity index (χ0) is 30.4. The normalized spacial score (nSPS) is 19.3. The number of fused-ring (bicyclic) bond motifs is 1. The number of carbonyl (C=O) groups is 2. The van der Waals surface area contributed by atoms with Crippen molar-refractivity contribution in [2.24, 2.45) is 0 Å². The summed E-state index contributed by atoms with van der Waals surface area (Å²) in [4.78, 5) is 35.5. The number of amides is 2. The Kier molecular flexibility index (Phi) is 7.70. The summed E-state index contributed by atoms with van der Waals surface area (Å²) in [7, 11) is 0. The van der Waals surface area contributed by atoms with E-state index in [1.54, 1.807) is 13.2 Å². The molecular formula is C28H24F5N5O3S. The Bertz CT molecular complexity index is 1600. The predicted molar refractivity (Wildman–Crippen MR) is 144 cm³/mol. The number of aromatic nitrogens is 2. The molecule has 2 aliphatic heterocycles. The molecule has 0 bridgehead atoms. The molecule has 0 radical (unpaired) electrons. The molecule has 5 rings (SSSR count). The van der Waals surface area contributed by atoms with Gasteiger partial charge in [0, 0.05) is 41.3 Å². The Hall–Kier alpha value is -4.04. The number of thioether (sulfide) groups is 1. The van der Waals surface area contributed by atoms with Crippen molar-refractivity contribution in [1.29, 1.82) is 0 Å². The van der Waals surface area contributed by atoms with Crippen LogP contribution in [-0.4, -0.2) is 55.2 Å². The molecule has 2 aromatic carbocycles. The van der Waals surface area contributed by atoms with Crippen LogP contribution in [0.2, 0.25) is 0 Å². The van der Waals surface area contributed by atoms with E-state index in [2.05, 4.69) is 15.3 Å². The van der Waals surface area contributed by atoms with Gasteiger partial charge in [-0.2, -0.15) is 13.2 Å². The number of hydrogen-bond donors (Lipinski definition) is 2. The van der Waals surface area contributed by atoms with Crippen molar-refractivity contribution >= 4 is 29.3 Å². The average molecular weight is 606 g/mol. The molecule has 1 saturated heterocycles. The lowest BCUT2D eigenvalue weighted by Crippen LogP contribution is -2.60. The van der Waals surface area contributed by atoms with Crippen molar-refractivity contribution in [3.8, 4) is 11.1 Å². The van der Waals surface area contributed by atoms with Crippen molar-refractivity contribution in [3.63, 3.8) is 0 Å². The van der Waals surface area contributed by atoms with Crippen molar-refractivity contribution < 1.29 is 36.6 Å². The fourth-order valence-electron chi connectivity index (χ4n) is 5.19. The summed E-state index contributed by atoms with van der Waals surface area (Å²) in [6.45, 7) is 1.48. The van der Waals surface area contributed by atoms with E-state index in [-0.39, 0.29) is 22.4 Å². The van der Waals surface area contributed by atoms with Crippen LogP contribution in [0.4, 0.5) is 27.6 Å². The lowest BCUT2D eigenvalue weighted by Gasteiger charge is -2.46. The third kappa shape index (κ3) is 5.20. The number of anilines is 1. The summed E-state index contributed by atoms with van der Waals surface area (Å²) in [5, 5.41) is 16.7. The topological polar surface area (TPSA) is 98.7 Å². The standard InChI is InChI=1S/C28H24F5N5O3S/c1-27-9-4-10-38(27)37(14-15-5-3-6-19(29)22(15)30)25(41)21(23(27)39)24(40)36-20-8-7-17(28(31,32)33)11-18(20)16-12-34-26(42-2)35-13-16/h3,5-8,11-13,39H,4,9-10,14H2,1-2H3,(H,36,40)/t27-/m1/s1. The van der Waals surface area contributed by atoms with Gasteiger partial charge >= 0.3 is 6.18 Å². The number of hydrazine groups is 1. The highest BCUT2D eigenvalue weighted by molar-refractivity contribution is 7.98. The Morgan fingerprint density at radius 2 is 1.88 bits per heavy atom. The molecule has 3 aromatic rings. The number of rotatable bonds is 6. The monoisotopic (exact) mass is 605 g/mol. The number of halogens is 5. The van der Waals surface area contributed by atoms with Crippen LogP contribution in [0.15, 0.2) is 65.3 Å². The molecule has 42 heavy (non-hydrogen) atoms. The zero-order valence-corrected chi connectivity index (χ0v) is 23.1. The molecule has 0 saturated carbocycles. The van der Waals surface area contributed by atoms with E-state index in [1.807, 2.05) is 0 Å². The summed E-state index contributed by atoms with van der Waals surface area (Å²) in [5.74, 6) is -4.85. The summed E-state index contributed by atoms with van der Waals surface area (Å²) >= 11 is 1.23. The molecule has 0 aliphatic carbocycles. The van der Waals surface area contributed by atoms with Gasteiger partial charge in [0.15, 0.2) is 16.8 Å². The van der Waals surface area contributed by atoms with Crippen LogP contribution in [0.25, 0.3) is 11.1 Å². The molecule has 2 amide bonds. The number of alkyl halides is 3. The third-order valence-corrected chi connectivity index (χ3v) is 7.96. The van der Waals surface area contributed by atoms with Gasteiger partial charge in [0.05, 0.1) is 17.6 Å². The average Bonchev–Trinajstić information content (AvgIpc) is 3.36. The second-order valence-electron chi connectivity index (χ2n) is 9.97. The van der Waals surface area contributed by atoms with E-state index in [4.69, 9.17) is 0 Å². The second kappa shape index (κ2) is 11.0. The summed E-state index contributed by atoms with van der Waals surface area (Å²) in [6, 6.07) is 6.15. The largest absolute Gasteiger partial charge is 0.509 e. The second-order valence-corrected chi connectivity index (χ2v) is 10.7. The van der Waals surface area contributed by atoms with Crippen LogP contribution in [0, 0.1) is 11.6 Å². The highest BCUT2D eigenvalue weighted by Crippen LogP contribution is 2.42. The maximum atomic E-state index is 14.5. The molecule has 2 aliphatic rings. The minimum atomic E-state index is -4.69. The molecule has 1 aromatic heterocycles. The summed E-state index contributed by atoms with van der Waals surface area (Å²) in [5.41, 5.74) is -3.00. The number of nitrogens with one attached hydrogen (secondary N) is 1. The van der Waals surface area contributed by atoms with Crippen molar-refractivity contribution in [2.75, 3.05) is 18.1 Å². The number of nitrogens with zero attached hydrogens (tertiary/aromatic N) is 4. The van der Waals surface area contributed by atoms with Crippen molar-refractivity contribution in [2.45, 2.75) is 43.2 Å². The van der Waals surface area contributed by atoms with E-state index < -0.39 is 58.6 Å². The van der Waals surface area contributed by atoms with Gasteiger partial charge in [-0.15, -0.1) is 0 Å². The van der Waals surface area contributed by atoms with E-state index in [9.17, 15) is 36.6 Å². The fourth-order valence-corrected chi connectivity index (χ4v) is 5.51. The fraction of sp³-hybridized carbons (Fsp3) is 0.286.